The van der Waals surface area contributed by atoms with E-state index in [1.165, 1.54) is 5.56 Å². The van der Waals surface area contributed by atoms with Crippen LogP contribution in [0.4, 0.5) is 0 Å². The van der Waals surface area contributed by atoms with Crippen molar-refractivity contribution in [1.29, 1.82) is 0 Å². The maximum absolute atomic E-state index is 11.0. The van der Waals surface area contributed by atoms with Crippen LogP contribution in [0.3, 0.4) is 0 Å². The van der Waals surface area contributed by atoms with Gasteiger partial charge in [-0.05, 0) is 19.4 Å². The lowest BCUT2D eigenvalue weighted by atomic mass is 9.85. The fraction of sp³-hybridized carbons (Fsp3) is 0.417. The van der Waals surface area contributed by atoms with Crippen LogP contribution in [0.25, 0.3) is 0 Å². The van der Waals surface area contributed by atoms with E-state index in [1.54, 1.807) is 0 Å². The molecule has 1 aromatic carbocycles. The van der Waals surface area contributed by atoms with Crippen LogP contribution in [0.5, 0.6) is 5.75 Å². The van der Waals surface area contributed by atoms with Gasteiger partial charge in [0.2, 0.25) is 0 Å². The second kappa shape index (κ2) is 3.12. The van der Waals surface area contributed by atoms with Crippen LogP contribution in [0.1, 0.15) is 25.0 Å². The number of hydrogen-bond donors (Lipinski definition) is 0. The Morgan fingerprint density at radius 3 is 2.93 bits per heavy atom. The maximum Gasteiger partial charge on any atom is 0.130 e. The summed E-state index contributed by atoms with van der Waals surface area (Å²) in [5.74, 6) is 0.921. The van der Waals surface area contributed by atoms with Gasteiger partial charge in [0.25, 0.3) is 0 Å². The molecule has 0 spiro atoms. The molecule has 2 nitrogen and oxygen atoms in total. The minimum absolute atomic E-state index is 0.449. The lowest BCUT2D eigenvalue weighted by Crippen LogP contribution is -2.19. The molecule has 0 unspecified atom stereocenters. The molecule has 0 aromatic heterocycles. The first-order chi connectivity index (χ1) is 6.65. The van der Waals surface area contributed by atoms with Gasteiger partial charge in [-0.3, -0.25) is 0 Å². The highest BCUT2D eigenvalue weighted by Gasteiger charge is 2.27. The van der Waals surface area contributed by atoms with E-state index in [0.29, 0.717) is 0 Å². The molecular formula is C12H14O2. The number of carbonyl (C=O) groups is 1. The van der Waals surface area contributed by atoms with Crippen LogP contribution in [0.15, 0.2) is 18.2 Å². The van der Waals surface area contributed by atoms with E-state index in [1.807, 2.05) is 26.0 Å². The van der Waals surface area contributed by atoms with Crippen LogP contribution in [-0.2, 0) is 16.6 Å². The van der Waals surface area contributed by atoms with Crippen LogP contribution in [0, 0.1) is 0 Å². The summed E-state index contributed by atoms with van der Waals surface area (Å²) >= 11 is 0. The molecule has 0 amide bonds. The van der Waals surface area contributed by atoms with E-state index in [4.69, 9.17) is 4.74 Å². The molecule has 2 heteroatoms. The van der Waals surface area contributed by atoms with Gasteiger partial charge in [-0.1, -0.05) is 18.2 Å². The van der Waals surface area contributed by atoms with Gasteiger partial charge in [0, 0.05) is 17.4 Å². The largest absolute Gasteiger partial charge is 0.493 e. The fourth-order valence-electron chi connectivity index (χ4n) is 1.79. The minimum atomic E-state index is -0.449. The third kappa shape index (κ3) is 1.31. The summed E-state index contributed by atoms with van der Waals surface area (Å²) in [5, 5.41) is 0. The molecule has 14 heavy (non-hydrogen) atoms. The monoisotopic (exact) mass is 190 g/mol. The molecule has 0 fully saturated rings. The van der Waals surface area contributed by atoms with E-state index in [9.17, 15) is 4.79 Å². The van der Waals surface area contributed by atoms with E-state index >= 15 is 0 Å². The van der Waals surface area contributed by atoms with Gasteiger partial charge in [-0.25, -0.2) is 0 Å². The summed E-state index contributed by atoms with van der Waals surface area (Å²) in [6.45, 7) is 4.57. The Morgan fingerprint density at radius 1 is 1.43 bits per heavy atom. The Bertz CT molecular complexity index is 367. The van der Waals surface area contributed by atoms with Gasteiger partial charge < -0.3 is 9.53 Å². The fourth-order valence-corrected chi connectivity index (χ4v) is 1.79. The lowest BCUT2D eigenvalue weighted by Gasteiger charge is -2.20. The molecule has 1 heterocycles. The standard InChI is InChI=1S/C12H14O2/c1-12(2,8-13)10-5-3-4-9-6-7-14-11(9)10/h3-5,8H,6-7H2,1-2H3. The number of ether oxygens (including phenoxy) is 1. The SMILES string of the molecule is CC(C)(C=O)c1cccc2c1OCC2. The van der Waals surface area contributed by atoms with Crippen molar-refractivity contribution in [1.82, 2.24) is 0 Å². The Balaban J connectivity index is 2.54. The molecule has 2 rings (SSSR count). The number of fused-ring (bicyclic) bond motifs is 1. The highest BCUT2D eigenvalue weighted by molar-refractivity contribution is 5.70. The highest BCUT2D eigenvalue weighted by Crippen LogP contribution is 2.36. The quantitative estimate of drug-likeness (QED) is 0.667. The molecule has 0 saturated heterocycles. The molecule has 0 atom stereocenters. The molecular weight excluding hydrogens is 176 g/mol. The Hall–Kier alpha value is -1.31. The van der Waals surface area contributed by atoms with Gasteiger partial charge >= 0.3 is 0 Å². The van der Waals surface area contributed by atoms with Gasteiger partial charge in [0.15, 0.2) is 0 Å². The number of aldehydes is 1. The normalized spacial score (nSPS) is 14.7. The molecule has 0 N–H and O–H groups in total. The smallest absolute Gasteiger partial charge is 0.130 e. The summed E-state index contributed by atoms with van der Waals surface area (Å²) in [7, 11) is 0. The number of carbonyl (C=O) groups excluding carboxylic acids is 1. The summed E-state index contributed by atoms with van der Waals surface area (Å²) in [5.41, 5.74) is 1.77. The van der Waals surface area contributed by atoms with Crippen molar-refractivity contribution in [2.75, 3.05) is 6.61 Å². The summed E-state index contributed by atoms with van der Waals surface area (Å²) in [4.78, 5) is 11.0. The zero-order valence-corrected chi connectivity index (χ0v) is 8.54. The predicted molar refractivity (Wildman–Crippen MR) is 54.7 cm³/mol. The predicted octanol–water partition coefficient (Wildman–Crippen LogP) is 2.10. The van der Waals surface area contributed by atoms with Gasteiger partial charge in [0.1, 0.15) is 12.0 Å². The molecule has 0 saturated carbocycles. The Labute approximate surface area is 83.9 Å². The van der Waals surface area contributed by atoms with Crippen LogP contribution in [0.2, 0.25) is 0 Å². The van der Waals surface area contributed by atoms with Gasteiger partial charge in [0.05, 0.1) is 6.61 Å². The molecule has 1 aromatic rings. The average molecular weight is 190 g/mol. The maximum atomic E-state index is 11.0. The second-order valence-electron chi connectivity index (χ2n) is 4.23. The van der Waals surface area contributed by atoms with Crippen molar-refractivity contribution < 1.29 is 9.53 Å². The van der Waals surface area contributed by atoms with Crippen LogP contribution < -0.4 is 4.74 Å². The van der Waals surface area contributed by atoms with Crippen LogP contribution in [-0.4, -0.2) is 12.9 Å². The second-order valence-corrected chi connectivity index (χ2v) is 4.23. The molecule has 1 aliphatic heterocycles. The van der Waals surface area contributed by atoms with Crippen molar-refractivity contribution in [3.8, 4) is 5.75 Å². The van der Waals surface area contributed by atoms with E-state index in [-0.39, 0.29) is 0 Å². The zero-order chi connectivity index (χ0) is 10.2. The average Bonchev–Trinajstić information content (AvgIpc) is 2.64. The topological polar surface area (TPSA) is 26.3 Å². The van der Waals surface area contributed by atoms with Crippen molar-refractivity contribution in [2.24, 2.45) is 0 Å². The number of benzene rings is 1. The minimum Gasteiger partial charge on any atom is -0.493 e. The van der Waals surface area contributed by atoms with Crippen molar-refractivity contribution >= 4 is 6.29 Å². The molecule has 0 aliphatic carbocycles. The number of rotatable bonds is 2. The Morgan fingerprint density at radius 2 is 2.21 bits per heavy atom. The molecule has 1 aliphatic rings. The molecule has 74 valence electrons. The number of hydrogen-bond acceptors (Lipinski definition) is 2. The Kier molecular flexibility index (Phi) is 2.06. The lowest BCUT2D eigenvalue weighted by molar-refractivity contribution is -0.111. The number of para-hydroxylation sites is 1. The highest BCUT2D eigenvalue weighted by atomic mass is 16.5. The van der Waals surface area contributed by atoms with Crippen LogP contribution >= 0.6 is 0 Å². The van der Waals surface area contributed by atoms with Crippen molar-refractivity contribution in [3.63, 3.8) is 0 Å². The first-order valence-electron chi connectivity index (χ1n) is 4.86. The summed E-state index contributed by atoms with van der Waals surface area (Å²) in [6, 6.07) is 6.03. The van der Waals surface area contributed by atoms with Gasteiger partial charge in [-0.2, -0.15) is 0 Å². The zero-order valence-electron chi connectivity index (χ0n) is 8.54. The first kappa shape index (κ1) is 9.25. The first-order valence-corrected chi connectivity index (χ1v) is 4.86. The molecule has 0 radical (unpaired) electrons. The van der Waals surface area contributed by atoms with Gasteiger partial charge in [-0.15, -0.1) is 0 Å². The van der Waals surface area contributed by atoms with E-state index < -0.39 is 5.41 Å². The third-order valence-electron chi connectivity index (χ3n) is 2.70. The van der Waals surface area contributed by atoms with E-state index in [2.05, 4.69) is 6.07 Å². The third-order valence-corrected chi connectivity index (χ3v) is 2.70. The summed E-state index contributed by atoms with van der Waals surface area (Å²) < 4.78 is 5.56. The van der Waals surface area contributed by atoms with E-state index in [0.717, 1.165) is 30.6 Å². The summed E-state index contributed by atoms with van der Waals surface area (Å²) in [6.07, 6.45) is 1.93. The molecule has 0 bridgehead atoms. The van der Waals surface area contributed by atoms with Crippen molar-refractivity contribution in [2.45, 2.75) is 25.7 Å². The van der Waals surface area contributed by atoms with Crippen molar-refractivity contribution in [3.05, 3.63) is 29.3 Å².